The van der Waals surface area contributed by atoms with Gasteiger partial charge in [-0.15, -0.1) is 0 Å². The van der Waals surface area contributed by atoms with Gasteiger partial charge >= 0.3 is 5.97 Å². The topological polar surface area (TPSA) is 37.3 Å². The predicted molar refractivity (Wildman–Crippen MR) is 80.2 cm³/mol. The van der Waals surface area contributed by atoms with Gasteiger partial charge in [0.25, 0.3) is 0 Å². The van der Waals surface area contributed by atoms with E-state index in [4.69, 9.17) is 0 Å². The zero-order valence-corrected chi connectivity index (χ0v) is 10.9. The first-order valence-electron chi connectivity index (χ1n) is 6.53. The summed E-state index contributed by atoms with van der Waals surface area (Å²) in [6, 6.07) is 21.4. The molecule has 0 aliphatic heterocycles. The van der Waals surface area contributed by atoms with Crippen LogP contribution >= 0.6 is 0 Å². The summed E-state index contributed by atoms with van der Waals surface area (Å²) in [5, 5.41) is 11.3. The highest BCUT2D eigenvalue weighted by molar-refractivity contribution is 6.05. The molecule has 0 spiro atoms. The average molecular weight is 262 g/mol. The molecule has 0 saturated carbocycles. The fourth-order valence-corrected chi connectivity index (χ4v) is 2.53. The minimum Gasteiger partial charge on any atom is -0.478 e. The van der Waals surface area contributed by atoms with Crippen molar-refractivity contribution >= 4 is 16.7 Å². The van der Waals surface area contributed by atoms with Crippen LogP contribution in [0.25, 0.3) is 10.8 Å². The number of carbonyl (C=O) groups is 1. The smallest absolute Gasteiger partial charge is 0.336 e. The number of hydrogen-bond acceptors (Lipinski definition) is 1. The number of carboxylic acids is 1. The molecule has 98 valence electrons. The van der Waals surface area contributed by atoms with Gasteiger partial charge in [0.1, 0.15) is 0 Å². The Morgan fingerprint density at radius 2 is 1.55 bits per heavy atom. The van der Waals surface area contributed by atoms with Crippen LogP contribution < -0.4 is 0 Å². The molecule has 3 rings (SSSR count). The maximum Gasteiger partial charge on any atom is 0.336 e. The van der Waals surface area contributed by atoms with Crippen molar-refractivity contribution in [1.82, 2.24) is 0 Å². The van der Waals surface area contributed by atoms with Crippen LogP contribution in [0, 0.1) is 0 Å². The van der Waals surface area contributed by atoms with E-state index in [9.17, 15) is 9.90 Å². The third kappa shape index (κ3) is 2.28. The summed E-state index contributed by atoms with van der Waals surface area (Å²) in [6.07, 6.45) is 0.632. The SMILES string of the molecule is O=C(O)c1c(Cc2ccccc2)ccc2ccccc12. The number of hydrogen-bond donors (Lipinski definition) is 1. The zero-order chi connectivity index (χ0) is 13.9. The zero-order valence-electron chi connectivity index (χ0n) is 10.9. The summed E-state index contributed by atoms with van der Waals surface area (Å²) in [5.74, 6) is -0.868. The number of fused-ring (bicyclic) bond motifs is 1. The molecule has 0 aliphatic rings. The molecule has 1 N–H and O–H groups in total. The molecule has 0 atom stereocenters. The molecule has 2 nitrogen and oxygen atoms in total. The van der Waals surface area contributed by atoms with Crippen LogP contribution in [-0.4, -0.2) is 11.1 Å². The van der Waals surface area contributed by atoms with E-state index in [-0.39, 0.29) is 0 Å². The van der Waals surface area contributed by atoms with Crippen molar-refractivity contribution in [2.75, 3.05) is 0 Å². The summed E-state index contributed by atoms with van der Waals surface area (Å²) < 4.78 is 0. The fraction of sp³-hybridized carbons (Fsp3) is 0.0556. The third-order valence-electron chi connectivity index (χ3n) is 3.47. The van der Waals surface area contributed by atoms with Crippen molar-refractivity contribution in [2.24, 2.45) is 0 Å². The van der Waals surface area contributed by atoms with Crippen LogP contribution in [0.15, 0.2) is 66.7 Å². The molecule has 0 saturated heterocycles. The Hall–Kier alpha value is -2.61. The molecule has 0 fully saturated rings. The molecule has 2 heteroatoms. The van der Waals surface area contributed by atoms with Crippen LogP contribution in [0.3, 0.4) is 0 Å². The fourth-order valence-electron chi connectivity index (χ4n) is 2.53. The summed E-state index contributed by atoms with van der Waals surface area (Å²) in [4.78, 5) is 11.6. The van der Waals surface area contributed by atoms with Gasteiger partial charge in [-0.05, 0) is 28.3 Å². The van der Waals surface area contributed by atoms with Crippen LogP contribution in [-0.2, 0) is 6.42 Å². The Kier molecular flexibility index (Phi) is 3.21. The summed E-state index contributed by atoms with van der Waals surface area (Å²) in [6.45, 7) is 0. The van der Waals surface area contributed by atoms with Crippen LogP contribution in [0.5, 0.6) is 0 Å². The van der Waals surface area contributed by atoms with Crippen LogP contribution in [0.4, 0.5) is 0 Å². The summed E-state index contributed by atoms with van der Waals surface area (Å²) >= 11 is 0. The summed E-state index contributed by atoms with van der Waals surface area (Å²) in [7, 11) is 0. The lowest BCUT2D eigenvalue weighted by Crippen LogP contribution is -2.04. The minimum absolute atomic E-state index is 0.409. The molecule has 0 heterocycles. The molecule has 0 bridgehead atoms. The highest BCUT2D eigenvalue weighted by Gasteiger charge is 2.14. The Bertz CT molecular complexity index is 761. The average Bonchev–Trinajstić information content (AvgIpc) is 2.47. The van der Waals surface area contributed by atoms with Gasteiger partial charge in [-0.25, -0.2) is 4.79 Å². The van der Waals surface area contributed by atoms with Crippen molar-refractivity contribution in [3.05, 3.63) is 83.4 Å². The van der Waals surface area contributed by atoms with Gasteiger partial charge in [-0.2, -0.15) is 0 Å². The number of aromatic carboxylic acids is 1. The van der Waals surface area contributed by atoms with Gasteiger partial charge in [0, 0.05) is 0 Å². The monoisotopic (exact) mass is 262 g/mol. The Labute approximate surface area is 117 Å². The largest absolute Gasteiger partial charge is 0.478 e. The Morgan fingerprint density at radius 3 is 2.30 bits per heavy atom. The number of benzene rings is 3. The van der Waals surface area contributed by atoms with Gasteiger partial charge < -0.3 is 5.11 Å². The van der Waals surface area contributed by atoms with Crippen molar-refractivity contribution in [2.45, 2.75) is 6.42 Å². The second-order valence-corrected chi connectivity index (χ2v) is 4.79. The van der Waals surface area contributed by atoms with Gasteiger partial charge in [0.05, 0.1) is 5.56 Å². The quantitative estimate of drug-likeness (QED) is 0.770. The second kappa shape index (κ2) is 5.17. The van der Waals surface area contributed by atoms with E-state index in [1.54, 1.807) is 0 Å². The van der Waals surface area contributed by atoms with E-state index >= 15 is 0 Å². The predicted octanol–water partition coefficient (Wildman–Crippen LogP) is 4.13. The van der Waals surface area contributed by atoms with Crippen molar-refractivity contribution in [3.63, 3.8) is 0 Å². The maximum atomic E-state index is 11.6. The first-order chi connectivity index (χ1) is 9.75. The van der Waals surface area contributed by atoms with Gasteiger partial charge in [0.2, 0.25) is 0 Å². The van der Waals surface area contributed by atoms with E-state index in [1.807, 2.05) is 66.7 Å². The normalized spacial score (nSPS) is 10.6. The van der Waals surface area contributed by atoms with Gasteiger partial charge in [0.15, 0.2) is 0 Å². The highest BCUT2D eigenvalue weighted by Crippen LogP contribution is 2.24. The molecular formula is C18H14O2. The van der Waals surface area contributed by atoms with Crippen molar-refractivity contribution in [3.8, 4) is 0 Å². The molecule has 0 amide bonds. The maximum absolute atomic E-state index is 11.6. The Morgan fingerprint density at radius 1 is 0.850 bits per heavy atom. The lowest BCUT2D eigenvalue weighted by molar-refractivity contribution is 0.0698. The molecule has 20 heavy (non-hydrogen) atoms. The lowest BCUT2D eigenvalue weighted by Gasteiger charge is -2.10. The Balaban J connectivity index is 2.15. The molecule has 0 aliphatic carbocycles. The van der Waals surface area contributed by atoms with Crippen molar-refractivity contribution < 1.29 is 9.90 Å². The molecular weight excluding hydrogens is 248 g/mol. The molecule has 3 aromatic carbocycles. The third-order valence-corrected chi connectivity index (χ3v) is 3.47. The van der Waals surface area contributed by atoms with E-state index in [0.29, 0.717) is 12.0 Å². The van der Waals surface area contributed by atoms with E-state index in [1.165, 1.54) is 0 Å². The standard InChI is InChI=1S/C18H14O2/c19-18(20)17-15(12-13-6-2-1-3-7-13)11-10-14-8-4-5-9-16(14)17/h1-11H,12H2,(H,19,20). The summed E-state index contributed by atoms with van der Waals surface area (Å²) in [5.41, 5.74) is 2.37. The highest BCUT2D eigenvalue weighted by atomic mass is 16.4. The van der Waals surface area contributed by atoms with Crippen LogP contribution in [0.1, 0.15) is 21.5 Å². The molecule has 0 radical (unpaired) electrons. The van der Waals surface area contributed by atoms with Crippen LogP contribution in [0.2, 0.25) is 0 Å². The van der Waals surface area contributed by atoms with Gasteiger partial charge in [-0.3, -0.25) is 0 Å². The molecule has 3 aromatic rings. The van der Waals surface area contributed by atoms with Crippen molar-refractivity contribution in [1.29, 1.82) is 0 Å². The minimum atomic E-state index is -0.868. The number of carboxylic acid groups (broad SMARTS) is 1. The first kappa shape index (κ1) is 12.4. The second-order valence-electron chi connectivity index (χ2n) is 4.79. The number of rotatable bonds is 3. The first-order valence-corrected chi connectivity index (χ1v) is 6.53. The van der Waals surface area contributed by atoms with E-state index in [2.05, 4.69) is 0 Å². The van der Waals surface area contributed by atoms with Gasteiger partial charge in [-0.1, -0.05) is 66.7 Å². The van der Waals surface area contributed by atoms with E-state index < -0.39 is 5.97 Å². The molecule has 0 aromatic heterocycles. The molecule has 0 unspecified atom stereocenters. The lowest BCUT2D eigenvalue weighted by atomic mass is 9.94. The van der Waals surface area contributed by atoms with E-state index in [0.717, 1.165) is 21.9 Å².